The zero-order chi connectivity index (χ0) is 15.2. The molecule has 21 heavy (non-hydrogen) atoms. The summed E-state index contributed by atoms with van der Waals surface area (Å²) >= 11 is 0. The summed E-state index contributed by atoms with van der Waals surface area (Å²) < 4.78 is 10.7. The van der Waals surface area contributed by atoms with E-state index < -0.39 is 0 Å². The molecule has 2 rings (SSSR count). The Labute approximate surface area is 126 Å². The van der Waals surface area contributed by atoms with E-state index in [1.807, 2.05) is 36.9 Å². The van der Waals surface area contributed by atoms with Crippen LogP contribution in [0, 0.1) is 0 Å². The number of amides is 1. The highest BCUT2D eigenvalue weighted by Crippen LogP contribution is 2.32. The minimum absolute atomic E-state index is 0.154. The summed E-state index contributed by atoms with van der Waals surface area (Å²) in [6.07, 6.45) is 2.28. The Kier molecular flexibility index (Phi) is 5.44. The van der Waals surface area contributed by atoms with E-state index in [4.69, 9.17) is 15.2 Å². The molecule has 5 nitrogen and oxygen atoms in total. The van der Waals surface area contributed by atoms with Crippen molar-refractivity contribution in [2.75, 3.05) is 13.3 Å². The number of carbonyl (C=O) groups is 1. The highest BCUT2D eigenvalue weighted by molar-refractivity contribution is 5.76. The first-order chi connectivity index (χ1) is 10.1. The first-order valence-electron chi connectivity index (χ1n) is 7.52. The van der Waals surface area contributed by atoms with Gasteiger partial charge in [-0.25, -0.2) is 0 Å². The molecule has 1 atom stereocenters. The van der Waals surface area contributed by atoms with Crippen LogP contribution in [0.3, 0.4) is 0 Å². The molecule has 1 amide bonds. The summed E-state index contributed by atoms with van der Waals surface area (Å²) in [5.74, 6) is 1.70. The van der Waals surface area contributed by atoms with E-state index in [0.29, 0.717) is 19.5 Å². The van der Waals surface area contributed by atoms with E-state index in [-0.39, 0.29) is 18.7 Å². The Balaban J connectivity index is 1.90. The average Bonchev–Trinajstić information content (AvgIpc) is 2.91. The molecule has 1 unspecified atom stereocenters. The molecular formula is C16H24N2O3. The molecule has 0 bridgehead atoms. The molecule has 1 aromatic carbocycles. The van der Waals surface area contributed by atoms with Gasteiger partial charge < -0.3 is 20.1 Å². The fourth-order valence-electron chi connectivity index (χ4n) is 2.37. The monoisotopic (exact) mass is 292 g/mol. The van der Waals surface area contributed by atoms with Crippen LogP contribution < -0.4 is 15.2 Å². The highest BCUT2D eigenvalue weighted by atomic mass is 16.7. The van der Waals surface area contributed by atoms with Crippen LogP contribution in [0.25, 0.3) is 0 Å². The molecule has 0 radical (unpaired) electrons. The highest BCUT2D eigenvalue weighted by Gasteiger charge is 2.16. The van der Waals surface area contributed by atoms with E-state index in [0.717, 1.165) is 29.9 Å². The number of hydrogen-bond donors (Lipinski definition) is 1. The molecule has 2 N–H and O–H groups in total. The molecule has 0 aromatic heterocycles. The van der Waals surface area contributed by atoms with Gasteiger partial charge in [0.15, 0.2) is 11.5 Å². The van der Waals surface area contributed by atoms with Gasteiger partial charge in [0, 0.05) is 25.6 Å². The van der Waals surface area contributed by atoms with Crippen LogP contribution in [0.4, 0.5) is 0 Å². The number of benzene rings is 1. The van der Waals surface area contributed by atoms with Gasteiger partial charge in [-0.3, -0.25) is 4.79 Å². The second-order valence-electron chi connectivity index (χ2n) is 5.47. The third kappa shape index (κ3) is 4.36. The first kappa shape index (κ1) is 15.6. The van der Waals surface area contributed by atoms with Gasteiger partial charge in [-0.2, -0.15) is 0 Å². The van der Waals surface area contributed by atoms with Crippen LogP contribution in [0.1, 0.15) is 38.7 Å². The van der Waals surface area contributed by atoms with Gasteiger partial charge in [0.2, 0.25) is 12.7 Å². The lowest BCUT2D eigenvalue weighted by atomic mass is 10.1. The third-order valence-electron chi connectivity index (χ3n) is 3.59. The first-order valence-corrected chi connectivity index (χ1v) is 7.52. The molecule has 5 heteroatoms. The van der Waals surface area contributed by atoms with Crippen molar-refractivity contribution < 1.29 is 14.3 Å². The molecular weight excluding hydrogens is 268 g/mol. The Bertz CT molecular complexity index is 488. The number of rotatable bonds is 7. The molecule has 1 heterocycles. The molecule has 0 saturated heterocycles. The molecule has 0 saturated carbocycles. The SMILES string of the molecule is CCN(Cc1ccc2c(c1)OCO2)C(=O)CCCC(C)N. The molecule has 0 aliphatic carbocycles. The maximum atomic E-state index is 12.2. The number of carbonyl (C=O) groups excluding carboxylic acids is 1. The van der Waals surface area contributed by atoms with Gasteiger partial charge in [0.25, 0.3) is 0 Å². The third-order valence-corrected chi connectivity index (χ3v) is 3.59. The maximum absolute atomic E-state index is 12.2. The van der Waals surface area contributed by atoms with Gasteiger partial charge in [0.1, 0.15) is 0 Å². The Morgan fingerprint density at radius 1 is 1.38 bits per heavy atom. The second kappa shape index (κ2) is 7.31. The van der Waals surface area contributed by atoms with Crippen LogP contribution in [-0.4, -0.2) is 30.2 Å². The van der Waals surface area contributed by atoms with E-state index in [1.54, 1.807) is 0 Å². The quantitative estimate of drug-likeness (QED) is 0.837. The number of nitrogens with two attached hydrogens (primary N) is 1. The normalized spacial score (nSPS) is 14.0. The number of fused-ring (bicyclic) bond motifs is 1. The van der Waals surface area contributed by atoms with Crippen molar-refractivity contribution in [1.82, 2.24) is 4.90 Å². The smallest absolute Gasteiger partial charge is 0.231 e. The van der Waals surface area contributed by atoms with Gasteiger partial charge >= 0.3 is 0 Å². The molecule has 1 aliphatic rings. The molecule has 1 aromatic rings. The zero-order valence-electron chi connectivity index (χ0n) is 12.8. The molecule has 0 fully saturated rings. The summed E-state index contributed by atoms with van der Waals surface area (Å²) in [5, 5.41) is 0. The van der Waals surface area contributed by atoms with Gasteiger partial charge in [-0.15, -0.1) is 0 Å². The lowest BCUT2D eigenvalue weighted by Gasteiger charge is -2.21. The number of ether oxygens (including phenoxy) is 2. The second-order valence-corrected chi connectivity index (χ2v) is 5.47. The summed E-state index contributed by atoms with van der Waals surface area (Å²) in [4.78, 5) is 14.1. The van der Waals surface area contributed by atoms with Crippen molar-refractivity contribution in [2.24, 2.45) is 5.73 Å². The number of hydrogen-bond acceptors (Lipinski definition) is 4. The van der Waals surface area contributed by atoms with Crippen LogP contribution >= 0.6 is 0 Å². The van der Waals surface area contributed by atoms with Crippen molar-refractivity contribution in [3.63, 3.8) is 0 Å². The maximum Gasteiger partial charge on any atom is 0.231 e. The minimum Gasteiger partial charge on any atom is -0.454 e. The Morgan fingerprint density at radius 2 is 2.14 bits per heavy atom. The molecule has 1 aliphatic heterocycles. The predicted molar refractivity (Wildman–Crippen MR) is 81.2 cm³/mol. The fourth-order valence-corrected chi connectivity index (χ4v) is 2.37. The van der Waals surface area contributed by atoms with Gasteiger partial charge in [0.05, 0.1) is 0 Å². The summed E-state index contributed by atoms with van der Waals surface area (Å²) in [5.41, 5.74) is 6.77. The van der Waals surface area contributed by atoms with Crippen LogP contribution in [0.15, 0.2) is 18.2 Å². The van der Waals surface area contributed by atoms with Crippen molar-refractivity contribution in [1.29, 1.82) is 0 Å². The van der Waals surface area contributed by atoms with Crippen molar-refractivity contribution in [2.45, 2.75) is 45.7 Å². The van der Waals surface area contributed by atoms with Crippen LogP contribution in [0.2, 0.25) is 0 Å². The minimum atomic E-state index is 0.154. The fraction of sp³-hybridized carbons (Fsp3) is 0.562. The molecule has 0 spiro atoms. The van der Waals surface area contributed by atoms with Crippen molar-refractivity contribution >= 4 is 5.91 Å². The van der Waals surface area contributed by atoms with E-state index in [2.05, 4.69) is 0 Å². The Hall–Kier alpha value is -1.75. The topological polar surface area (TPSA) is 64.8 Å². The lowest BCUT2D eigenvalue weighted by molar-refractivity contribution is -0.131. The van der Waals surface area contributed by atoms with Crippen molar-refractivity contribution in [3.05, 3.63) is 23.8 Å². The summed E-state index contributed by atoms with van der Waals surface area (Å²) in [6.45, 7) is 5.53. The lowest BCUT2D eigenvalue weighted by Crippen LogP contribution is -2.30. The van der Waals surface area contributed by atoms with Crippen molar-refractivity contribution in [3.8, 4) is 11.5 Å². The Morgan fingerprint density at radius 3 is 2.86 bits per heavy atom. The van der Waals surface area contributed by atoms with E-state index >= 15 is 0 Å². The van der Waals surface area contributed by atoms with Crippen LogP contribution in [-0.2, 0) is 11.3 Å². The summed E-state index contributed by atoms with van der Waals surface area (Å²) in [6, 6.07) is 5.97. The standard InChI is InChI=1S/C16H24N2O3/c1-3-18(16(19)6-4-5-12(2)17)10-13-7-8-14-15(9-13)21-11-20-14/h7-9,12H,3-6,10-11,17H2,1-2H3. The molecule has 116 valence electrons. The summed E-state index contributed by atoms with van der Waals surface area (Å²) in [7, 11) is 0. The zero-order valence-corrected chi connectivity index (χ0v) is 12.8. The average molecular weight is 292 g/mol. The van der Waals surface area contributed by atoms with Gasteiger partial charge in [-0.05, 0) is 44.4 Å². The van der Waals surface area contributed by atoms with Crippen LogP contribution in [0.5, 0.6) is 11.5 Å². The van der Waals surface area contributed by atoms with Gasteiger partial charge in [-0.1, -0.05) is 6.07 Å². The van der Waals surface area contributed by atoms with E-state index in [1.165, 1.54) is 0 Å². The number of nitrogens with zero attached hydrogens (tertiary/aromatic N) is 1. The largest absolute Gasteiger partial charge is 0.454 e. The van der Waals surface area contributed by atoms with E-state index in [9.17, 15) is 4.79 Å². The predicted octanol–water partition coefficient (Wildman–Crippen LogP) is 2.28.